The molecule has 2 aromatic heterocycles. The molecule has 88 valence electrons. The summed E-state index contributed by atoms with van der Waals surface area (Å²) >= 11 is 0. The van der Waals surface area contributed by atoms with E-state index in [-0.39, 0.29) is 0 Å². The lowest BCUT2D eigenvalue weighted by Gasteiger charge is -2.05. The van der Waals surface area contributed by atoms with E-state index in [2.05, 4.69) is 18.0 Å². The van der Waals surface area contributed by atoms with E-state index in [1.807, 2.05) is 44.3 Å². The van der Waals surface area contributed by atoms with Crippen molar-refractivity contribution in [3.63, 3.8) is 0 Å². The number of allylic oxidation sites excluding steroid dienone is 1. The van der Waals surface area contributed by atoms with Gasteiger partial charge in [-0.05, 0) is 32.0 Å². The molecule has 0 atom stereocenters. The van der Waals surface area contributed by atoms with Crippen LogP contribution < -0.4 is 0 Å². The molecule has 0 N–H and O–H groups in total. The first-order valence-electron chi connectivity index (χ1n) is 5.93. The third kappa shape index (κ3) is 2.31. The minimum Gasteiger partial charge on any atom is -0.461 e. The highest BCUT2D eigenvalue weighted by Crippen LogP contribution is 2.28. The van der Waals surface area contributed by atoms with Crippen molar-refractivity contribution in [1.82, 2.24) is 4.98 Å². The molecule has 2 nitrogen and oxygen atoms in total. The van der Waals surface area contributed by atoms with Crippen LogP contribution >= 0.6 is 0 Å². The molecule has 2 heterocycles. The molecule has 0 unspecified atom stereocenters. The van der Waals surface area contributed by atoms with Crippen molar-refractivity contribution in [2.24, 2.45) is 0 Å². The maximum absolute atomic E-state index is 5.80. The quantitative estimate of drug-likeness (QED) is 0.783. The van der Waals surface area contributed by atoms with Crippen molar-refractivity contribution in [3.05, 3.63) is 47.5 Å². The van der Waals surface area contributed by atoms with Crippen LogP contribution in [0.15, 0.2) is 34.9 Å². The van der Waals surface area contributed by atoms with Gasteiger partial charge in [-0.1, -0.05) is 19.1 Å². The number of pyridine rings is 1. The van der Waals surface area contributed by atoms with E-state index in [9.17, 15) is 0 Å². The molecule has 0 radical (unpaired) electrons. The second-order valence-corrected chi connectivity index (χ2v) is 3.98. The highest BCUT2D eigenvalue weighted by atomic mass is 16.3. The molecule has 0 bridgehead atoms. The van der Waals surface area contributed by atoms with Crippen molar-refractivity contribution < 1.29 is 4.42 Å². The van der Waals surface area contributed by atoms with Crippen molar-refractivity contribution in [2.75, 3.05) is 0 Å². The second-order valence-electron chi connectivity index (χ2n) is 3.98. The van der Waals surface area contributed by atoms with Gasteiger partial charge in [0.2, 0.25) is 0 Å². The van der Waals surface area contributed by atoms with E-state index in [1.54, 1.807) is 0 Å². The zero-order valence-electron chi connectivity index (χ0n) is 10.5. The summed E-state index contributed by atoms with van der Waals surface area (Å²) in [7, 11) is 0. The fourth-order valence-corrected chi connectivity index (χ4v) is 1.88. The normalized spacial score (nSPS) is 11.2. The molecule has 0 saturated carbocycles. The standard InChI is InChI=1S/C15H17NO/c1-4-6-13-11(3)16-10-9-14(13)15-8-7-12(5-2)17-15/h4,6-10H,5H2,1-3H3/b6-4-. The Balaban J connectivity index is 2.54. The highest BCUT2D eigenvalue weighted by molar-refractivity contribution is 5.73. The van der Waals surface area contributed by atoms with Crippen LogP contribution in [0.2, 0.25) is 0 Å². The van der Waals surface area contributed by atoms with Crippen molar-refractivity contribution >= 4 is 6.08 Å². The molecule has 2 rings (SSSR count). The Morgan fingerprint density at radius 3 is 2.76 bits per heavy atom. The number of nitrogens with zero attached hydrogens (tertiary/aromatic N) is 1. The number of furan rings is 1. The first kappa shape index (κ1) is 11.6. The molecule has 17 heavy (non-hydrogen) atoms. The van der Waals surface area contributed by atoms with Crippen LogP contribution in [-0.2, 0) is 6.42 Å². The molecule has 0 spiro atoms. The smallest absolute Gasteiger partial charge is 0.134 e. The zero-order chi connectivity index (χ0) is 12.3. The van der Waals surface area contributed by atoms with Gasteiger partial charge in [-0.25, -0.2) is 0 Å². The molecule has 0 saturated heterocycles. The Hall–Kier alpha value is -1.83. The van der Waals surface area contributed by atoms with E-state index < -0.39 is 0 Å². The SMILES string of the molecule is C/C=C\c1c(-c2ccc(CC)o2)ccnc1C. The zero-order valence-corrected chi connectivity index (χ0v) is 10.5. The summed E-state index contributed by atoms with van der Waals surface area (Å²) in [6.45, 7) is 6.12. The van der Waals surface area contributed by atoms with Gasteiger partial charge in [0.15, 0.2) is 0 Å². The number of hydrogen-bond donors (Lipinski definition) is 0. The van der Waals surface area contributed by atoms with E-state index in [4.69, 9.17) is 4.42 Å². The summed E-state index contributed by atoms with van der Waals surface area (Å²) in [6, 6.07) is 6.06. The topological polar surface area (TPSA) is 26.0 Å². The minimum absolute atomic E-state index is 0.917. The summed E-state index contributed by atoms with van der Waals surface area (Å²) in [6.07, 6.45) is 6.85. The van der Waals surface area contributed by atoms with Crippen molar-refractivity contribution in [1.29, 1.82) is 0 Å². The van der Waals surface area contributed by atoms with Crippen LogP contribution in [-0.4, -0.2) is 4.98 Å². The first-order valence-corrected chi connectivity index (χ1v) is 5.93. The third-order valence-electron chi connectivity index (χ3n) is 2.80. The van der Waals surface area contributed by atoms with Crippen molar-refractivity contribution in [2.45, 2.75) is 27.2 Å². The van der Waals surface area contributed by atoms with Gasteiger partial charge in [-0.2, -0.15) is 0 Å². The molecule has 2 aromatic rings. The van der Waals surface area contributed by atoms with Crippen LogP contribution in [0, 0.1) is 6.92 Å². The largest absolute Gasteiger partial charge is 0.461 e. The average molecular weight is 227 g/mol. The van der Waals surface area contributed by atoms with Gasteiger partial charge in [0.1, 0.15) is 11.5 Å². The summed E-state index contributed by atoms with van der Waals surface area (Å²) in [4.78, 5) is 4.32. The van der Waals surface area contributed by atoms with Crippen LogP contribution in [0.25, 0.3) is 17.4 Å². The molecule has 0 amide bonds. The van der Waals surface area contributed by atoms with Gasteiger partial charge in [0.05, 0.1) is 0 Å². The van der Waals surface area contributed by atoms with Gasteiger partial charge in [-0.3, -0.25) is 4.98 Å². The lowest BCUT2D eigenvalue weighted by atomic mass is 10.0. The molecule has 0 aromatic carbocycles. The van der Waals surface area contributed by atoms with Crippen LogP contribution in [0.4, 0.5) is 0 Å². The highest BCUT2D eigenvalue weighted by Gasteiger charge is 2.09. The van der Waals surface area contributed by atoms with Gasteiger partial charge in [0, 0.05) is 29.4 Å². The summed E-state index contributed by atoms with van der Waals surface area (Å²) in [5.41, 5.74) is 3.26. The maximum Gasteiger partial charge on any atom is 0.134 e. The number of hydrogen-bond acceptors (Lipinski definition) is 2. The summed E-state index contributed by atoms with van der Waals surface area (Å²) < 4.78 is 5.80. The van der Waals surface area contributed by atoms with Gasteiger partial charge in [0.25, 0.3) is 0 Å². The van der Waals surface area contributed by atoms with Gasteiger partial charge >= 0.3 is 0 Å². The molecule has 0 aliphatic heterocycles. The molecule has 2 heteroatoms. The monoisotopic (exact) mass is 227 g/mol. The van der Waals surface area contributed by atoms with Crippen molar-refractivity contribution in [3.8, 4) is 11.3 Å². The molecular formula is C15H17NO. The fourth-order valence-electron chi connectivity index (χ4n) is 1.88. The Labute approximate surface area is 102 Å². The van der Waals surface area contributed by atoms with Gasteiger partial charge < -0.3 is 4.42 Å². The Morgan fingerprint density at radius 1 is 1.29 bits per heavy atom. The third-order valence-corrected chi connectivity index (χ3v) is 2.80. The first-order chi connectivity index (χ1) is 8.26. The number of aryl methyl sites for hydroxylation is 2. The van der Waals surface area contributed by atoms with E-state index in [0.29, 0.717) is 0 Å². The predicted octanol–water partition coefficient (Wildman–Crippen LogP) is 4.25. The maximum atomic E-state index is 5.80. The van der Waals surface area contributed by atoms with Gasteiger partial charge in [-0.15, -0.1) is 0 Å². The minimum atomic E-state index is 0.917. The Bertz CT molecular complexity index is 538. The lowest BCUT2D eigenvalue weighted by Crippen LogP contribution is -1.89. The molecule has 0 aliphatic carbocycles. The molecule has 0 fully saturated rings. The fraction of sp³-hybridized carbons (Fsp3) is 0.267. The van der Waals surface area contributed by atoms with E-state index in [0.717, 1.165) is 34.8 Å². The number of aromatic nitrogens is 1. The molecule has 0 aliphatic rings. The molecular weight excluding hydrogens is 210 g/mol. The average Bonchev–Trinajstić information content (AvgIpc) is 2.80. The van der Waals surface area contributed by atoms with Crippen LogP contribution in [0.5, 0.6) is 0 Å². The van der Waals surface area contributed by atoms with E-state index >= 15 is 0 Å². The second kappa shape index (κ2) is 5.00. The Morgan fingerprint density at radius 2 is 2.12 bits per heavy atom. The Kier molecular flexibility index (Phi) is 3.43. The van der Waals surface area contributed by atoms with Crippen LogP contribution in [0.1, 0.15) is 30.9 Å². The lowest BCUT2D eigenvalue weighted by molar-refractivity contribution is 0.529. The summed E-state index contributed by atoms with van der Waals surface area (Å²) in [5, 5.41) is 0. The summed E-state index contributed by atoms with van der Waals surface area (Å²) in [5.74, 6) is 1.93. The number of rotatable bonds is 3. The predicted molar refractivity (Wildman–Crippen MR) is 70.8 cm³/mol. The van der Waals surface area contributed by atoms with Crippen LogP contribution in [0.3, 0.4) is 0 Å². The van der Waals surface area contributed by atoms with E-state index in [1.165, 1.54) is 0 Å².